The molecule has 2 aliphatic heterocycles. The van der Waals surface area contributed by atoms with Crippen molar-refractivity contribution >= 4 is 21.6 Å². The van der Waals surface area contributed by atoms with E-state index in [0.717, 1.165) is 25.2 Å². The number of nitrogens with zero attached hydrogens (tertiary/aromatic N) is 3. The Kier molecular flexibility index (Phi) is 4.75. The molecule has 7 heteroatoms. The van der Waals surface area contributed by atoms with Crippen molar-refractivity contribution in [2.24, 2.45) is 0 Å². The molecule has 0 radical (unpaired) electrons. The third-order valence-corrected chi connectivity index (χ3v) is 7.25. The molecule has 0 aliphatic carbocycles. The van der Waals surface area contributed by atoms with Crippen LogP contribution in [-0.4, -0.2) is 63.3 Å². The van der Waals surface area contributed by atoms with Gasteiger partial charge in [0.2, 0.25) is 10.0 Å². The van der Waals surface area contributed by atoms with Crippen LogP contribution in [0.15, 0.2) is 53.4 Å². The molecule has 4 rings (SSSR count). The number of fused-ring (bicyclic) bond motifs is 1. The van der Waals surface area contributed by atoms with Gasteiger partial charge in [-0.2, -0.15) is 4.31 Å². The number of anilines is 1. The van der Waals surface area contributed by atoms with Crippen molar-refractivity contribution in [3.05, 3.63) is 59.7 Å². The highest BCUT2D eigenvalue weighted by Gasteiger charge is 2.29. The first-order chi connectivity index (χ1) is 13.0. The Morgan fingerprint density at radius 1 is 0.889 bits per heavy atom. The van der Waals surface area contributed by atoms with E-state index in [9.17, 15) is 13.2 Å². The zero-order valence-electron chi connectivity index (χ0n) is 15.3. The molecule has 2 aromatic carbocycles. The first-order valence-corrected chi connectivity index (χ1v) is 10.6. The smallest absolute Gasteiger partial charge is 0.258 e. The minimum absolute atomic E-state index is 0.0940. The van der Waals surface area contributed by atoms with Gasteiger partial charge < -0.3 is 9.80 Å². The van der Waals surface area contributed by atoms with Gasteiger partial charge in [-0.1, -0.05) is 18.2 Å². The second-order valence-corrected chi connectivity index (χ2v) is 9.01. The van der Waals surface area contributed by atoms with Gasteiger partial charge in [0.05, 0.1) is 4.90 Å². The van der Waals surface area contributed by atoms with Crippen molar-refractivity contribution in [3.8, 4) is 0 Å². The molecule has 1 saturated heterocycles. The van der Waals surface area contributed by atoms with E-state index in [4.69, 9.17) is 0 Å². The zero-order valence-corrected chi connectivity index (χ0v) is 16.2. The van der Waals surface area contributed by atoms with E-state index in [-0.39, 0.29) is 10.8 Å². The fourth-order valence-corrected chi connectivity index (χ4v) is 5.07. The van der Waals surface area contributed by atoms with Crippen molar-refractivity contribution in [1.82, 2.24) is 9.21 Å². The second-order valence-electron chi connectivity index (χ2n) is 7.07. The summed E-state index contributed by atoms with van der Waals surface area (Å²) in [6, 6.07) is 14.2. The first kappa shape index (κ1) is 18.2. The Hall–Kier alpha value is -2.22. The second kappa shape index (κ2) is 7.07. The molecule has 0 saturated carbocycles. The number of carbonyl (C=O) groups excluding carboxylic acids is 1. The maximum Gasteiger partial charge on any atom is 0.258 e. The van der Waals surface area contributed by atoms with Gasteiger partial charge in [0.1, 0.15) is 0 Å². The molecule has 142 valence electrons. The Balaban J connectivity index is 1.53. The minimum atomic E-state index is -3.51. The van der Waals surface area contributed by atoms with E-state index >= 15 is 0 Å². The quantitative estimate of drug-likeness (QED) is 0.809. The number of amides is 1. The highest BCUT2D eigenvalue weighted by molar-refractivity contribution is 7.89. The summed E-state index contributed by atoms with van der Waals surface area (Å²) in [5.41, 5.74) is 2.61. The van der Waals surface area contributed by atoms with Crippen molar-refractivity contribution in [2.45, 2.75) is 11.3 Å². The monoisotopic (exact) mass is 385 g/mol. The molecule has 1 amide bonds. The summed E-state index contributed by atoms with van der Waals surface area (Å²) in [5.74, 6) is -0.0940. The summed E-state index contributed by atoms with van der Waals surface area (Å²) in [5, 5.41) is 0. The van der Waals surface area contributed by atoms with Gasteiger partial charge in [-0.3, -0.25) is 4.79 Å². The number of hydrogen-bond donors (Lipinski definition) is 0. The summed E-state index contributed by atoms with van der Waals surface area (Å²) in [7, 11) is -1.53. The molecule has 0 aromatic heterocycles. The number of carbonyl (C=O) groups is 1. The lowest BCUT2D eigenvalue weighted by Crippen LogP contribution is -2.47. The van der Waals surface area contributed by atoms with Crippen LogP contribution >= 0.6 is 0 Å². The van der Waals surface area contributed by atoms with E-state index in [1.165, 1.54) is 9.87 Å². The number of para-hydroxylation sites is 1. The van der Waals surface area contributed by atoms with Crippen LogP contribution in [0.25, 0.3) is 0 Å². The summed E-state index contributed by atoms with van der Waals surface area (Å²) >= 11 is 0. The van der Waals surface area contributed by atoms with Crippen LogP contribution in [0.1, 0.15) is 15.9 Å². The van der Waals surface area contributed by atoms with Gasteiger partial charge in [-0.15, -0.1) is 0 Å². The van der Waals surface area contributed by atoms with Gasteiger partial charge in [0.15, 0.2) is 0 Å². The topological polar surface area (TPSA) is 60.9 Å². The van der Waals surface area contributed by atoms with Crippen LogP contribution in [0.2, 0.25) is 0 Å². The maximum atomic E-state index is 12.9. The molecule has 2 heterocycles. The molecular formula is C20H23N3O3S. The van der Waals surface area contributed by atoms with Crippen LogP contribution in [0.4, 0.5) is 5.69 Å². The van der Waals surface area contributed by atoms with E-state index in [0.29, 0.717) is 25.2 Å². The number of rotatable bonds is 3. The first-order valence-electron chi connectivity index (χ1n) is 9.15. The number of benzene rings is 2. The van der Waals surface area contributed by atoms with Gasteiger partial charge in [0.25, 0.3) is 5.91 Å². The van der Waals surface area contributed by atoms with Crippen molar-refractivity contribution < 1.29 is 13.2 Å². The molecule has 0 bridgehead atoms. The third-order valence-electron chi connectivity index (χ3n) is 5.33. The number of sulfonamides is 1. The number of hydrogen-bond acceptors (Lipinski definition) is 4. The normalized spacial score (nSPS) is 18.5. The molecule has 6 nitrogen and oxygen atoms in total. The highest BCUT2D eigenvalue weighted by Crippen LogP contribution is 2.29. The fraction of sp³-hybridized carbons (Fsp3) is 0.350. The van der Waals surface area contributed by atoms with Gasteiger partial charge in [-0.25, -0.2) is 8.42 Å². The molecule has 0 unspecified atom stereocenters. The molecule has 1 fully saturated rings. The Morgan fingerprint density at radius 3 is 2.26 bits per heavy atom. The summed E-state index contributed by atoms with van der Waals surface area (Å²) in [6.45, 7) is 3.09. The van der Waals surface area contributed by atoms with Crippen LogP contribution in [0.3, 0.4) is 0 Å². The molecule has 2 aromatic rings. The number of piperazine rings is 1. The fourth-order valence-electron chi connectivity index (χ4n) is 3.65. The van der Waals surface area contributed by atoms with Gasteiger partial charge >= 0.3 is 0 Å². The van der Waals surface area contributed by atoms with Crippen molar-refractivity contribution in [1.29, 1.82) is 0 Å². The standard InChI is InChI=1S/C20H23N3O3S/c1-21-12-14-22(15-13-21)27(25,26)18-8-6-17(7-9-18)20(24)23-11-10-16-4-2-3-5-19(16)23/h2-9H,10-15H2,1H3. The van der Waals surface area contributed by atoms with Crippen LogP contribution in [0, 0.1) is 0 Å². The molecule has 0 spiro atoms. The lowest BCUT2D eigenvalue weighted by Gasteiger charge is -2.31. The largest absolute Gasteiger partial charge is 0.308 e. The summed E-state index contributed by atoms with van der Waals surface area (Å²) in [6.07, 6.45) is 0.845. The average molecular weight is 385 g/mol. The van der Waals surface area contributed by atoms with Crippen molar-refractivity contribution in [3.63, 3.8) is 0 Å². The van der Waals surface area contributed by atoms with Crippen LogP contribution < -0.4 is 4.90 Å². The number of likely N-dealkylation sites (N-methyl/N-ethyl adjacent to an activating group) is 1. The summed E-state index contributed by atoms with van der Waals surface area (Å²) in [4.78, 5) is 17.0. The summed E-state index contributed by atoms with van der Waals surface area (Å²) < 4.78 is 27.1. The van der Waals surface area contributed by atoms with E-state index in [2.05, 4.69) is 4.90 Å². The Labute approximate surface area is 160 Å². The minimum Gasteiger partial charge on any atom is -0.308 e. The van der Waals surface area contributed by atoms with E-state index in [1.54, 1.807) is 29.2 Å². The Bertz CT molecular complexity index is 949. The lowest BCUT2D eigenvalue weighted by atomic mass is 10.1. The molecule has 2 aliphatic rings. The zero-order chi connectivity index (χ0) is 19.0. The maximum absolute atomic E-state index is 12.9. The highest BCUT2D eigenvalue weighted by atomic mass is 32.2. The van der Waals surface area contributed by atoms with Crippen LogP contribution in [-0.2, 0) is 16.4 Å². The molecule has 0 atom stereocenters. The molecular weight excluding hydrogens is 362 g/mol. The predicted octanol–water partition coefficient (Wildman–Crippen LogP) is 1.83. The third kappa shape index (κ3) is 3.38. The van der Waals surface area contributed by atoms with Crippen LogP contribution in [0.5, 0.6) is 0 Å². The van der Waals surface area contributed by atoms with Gasteiger partial charge in [0, 0.05) is 44.0 Å². The van der Waals surface area contributed by atoms with E-state index in [1.807, 2.05) is 31.3 Å². The van der Waals surface area contributed by atoms with Crippen molar-refractivity contribution in [2.75, 3.05) is 44.7 Å². The SMILES string of the molecule is CN1CCN(S(=O)(=O)c2ccc(C(=O)N3CCc4ccccc43)cc2)CC1. The van der Waals surface area contributed by atoms with Gasteiger partial charge in [-0.05, 0) is 49.4 Å². The van der Waals surface area contributed by atoms with E-state index < -0.39 is 10.0 Å². The lowest BCUT2D eigenvalue weighted by molar-refractivity contribution is 0.0989. The molecule has 0 N–H and O–H groups in total. The molecule has 27 heavy (non-hydrogen) atoms. The average Bonchev–Trinajstić information content (AvgIpc) is 3.12. The Morgan fingerprint density at radius 2 is 1.56 bits per heavy atom. The predicted molar refractivity (Wildman–Crippen MR) is 105 cm³/mol.